The number of anilines is 2. The van der Waals surface area contributed by atoms with E-state index in [1.54, 1.807) is 22.3 Å². The molecular formula is C21H23N7O2. The first-order chi connectivity index (χ1) is 14.5. The average Bonchev–Trinajstić information content (AvgIpc) is 3.20. The van der Waals surface area contributed by atoms with E-state index in [0.717, 1.165) is 51.9 Å². The van der Waals surface area contributed by atoms with Crippen molar-refractivity contribution in [2.75, 3.05) is 18.5 Å². The van der Waals surface area contributed by atoms with E-state index >= 15 is 0 Å². The fourth-order valence-corrected chi connectivity index (χ4v) is 4.23. The number of fused-ring (bicyclic) bond motifs is 2. The summed E-state index contributed by atoms with van der Waals surface area (Å²) in [5.41, 5.74) is 5.97. The Bertz CT molecular complexity index is 1320. The molecule has 0 aromatic carbocycles. The van der Waals surface area contributed by atoms with Crippen LogP contribution in [-0.4, -0.2) is 42.3 Å². The van der Waals surface area contributed by atoms with Crippen molar-refractivity contribution in [1.29, 1.82) is 0 Å². The van der Waals surface area contributed by atoms with E-state index in [4.69, 9.17) is 9.72 Å². The molecule has 0 aliphatic carbocycles. The Morgan fingerprint density at radius 3 is 2.80 bits per heavy atom. The lowest BCUT2D eigenvalue weighted by Gasteiger charge is -2.25. The standard InChI is InChI=1S/C21H23N7O2/c1-12-8-17-23-11-24-28(17)10-15(12)25-21-22-9-16-19(26-21)18(13(2)20(29)27(16)3)14-4-6-30-7-5-14/h8-11,14H,4-7H2,1-3H3,(H,22,25,26). The molecule has 4 aromatic rings. The third kappa shape index (κ3) is 3.02. The molecule has 1 fully saturated rings. The molecule has 1 aliphatic heterocycles. The maximum Gasteiger partial charge on any atom is 0.254 e. The largest absolute Gasteiger partial charge is 0.381 e. The summed E-state index contributed by atoms with van der Waals surface area (Å²) in [6, 6.07) is 1.96. The van der Waals surface area contributed by atoms with E-state index in [1.807, 2.05) is 26.1 Å². The Morgan fingerprint density at radius 1 is 1.20 bits per heavy atom. The number of nitrogens with zero attached hydrogens (tertiary/aromatic N) is 6. The molecule has 0 amide bonds. The SMILES string of the molecule is Cc1cc2ncnn2cc1Nc1ncc2c(n1)c(C1CCOCC1)c(C)c(=O)n2C. The van der Waals surface area contributed by atoms with Gasteiger partial charge in [0.25, 0.3) is 5.56 Å². The van der Waals surface area contributed by atoms with Crippen LogP contribution in [0.2, 0.25) is 0 Å². The quantitative estimate of drug-likeness (QED) is 0.559. The molecule has 5 rings (SSSR count). The zero-order valence-electron chi connectivity index (χ0n) is 17.2. The molecule has 9 nitrogen and oxygen atoms in total. The first kappa shape index (κ1) is 18.7. The molecule has 0 radical (unpaired) electrons. The fourth-order valence-electron chi connectivity index (χ4n) is 4.23. The molecule has 154 valence electrons. The van der Waals surface area contributed by atoms with Crippen molar-refractivity contribution in [3.8, 4) is 0 Å². The van der Waals surface area contributed by atoms with Gasteiger partial charge in [-0.25, -0.2) is 19.5 Å². The minimum Gasteiger partial charge on any atom is -0.381 e. The summed E-state index contributed by atoms with van der Waals surface area (Å²) < 4.78 is 8.86. The number of pyridine rings is 2. The third-order valence-electron chi connectivity index (χ3n) is 5.91. The normalized spacial score (nSPS) is 15.2. The molecule has 0 saturated carbocycles. The summed E-state index contributed by atoms with van der Waals surface area (Å²) in [6.07, 6.45) is 6.89. The first-order valence-corrected chi connectivity index (χ1v) is 10.0. The number of ether oxygens (including phenoxy) is 1. The Kier molecular flexibility index (Phi) is 4.47. The van der Waals surface area contributed by atoms with Gasteiger partial charge in [0.1, 0.15) is 6.33 Å². The second-order valence-corrected chi connectivity index (χ2v) is 7.77. The molecular weight excluding hydrogens is 382 g/mol. The van der Waals surface area contributed by atoms with Crippen molar-refractivity contribution >= 4 is 28.3 Å². The Hall–Kier alpha value is -3.33. The molecule has 1 saturated heterocycles. The van der Waals surface area contributed by atoms with Crippen molar-refractivity contribution in [3.05, 3.63) is 51.8 Å². The molecule has 1 aliphatic rings. The molecule has 0 spiro atoms. The summed E-state index contributed by atoms with van der Waals surface area (Å²) in [7, 11) is 1.77. The minimum atomic E-state index is 0.000721. The zero-order valence-corrected chi connectivity index (χ0v) is 17.2. The Labute approximate surface area is 172 Å². The molecule has 0 atom stereocenters. The second kappa shape index (κ2) is 7.17. The predicted octanol–water partition coefficient (Wildman–Crippen LogP) is 2.63. The van der Waals surface area contributed by atoms with Crippen molar-refractivity contribution in [2.45, 2.75) is 32.6 Å². The highest BCUT2D eigenvalue weighted by Gasteiger charge is 2.24. The maximum absolute atomic E-state index is 12.8. The lowest BCUT2D eigenvalue weighted by molar-refractivity contribution is 0.0854. The number of hydrogen-bond donors (Lipinski definition) is 1. The lowest BCUT2D eigenvalue weighted by atomic mass is 9.88. The van der Waals surface area contributed by atoms with Crippen LogP contribution in [0.5, 0.6) is 0 Å². The summed E-state index contributed by atoms with van der Waals surface area (Å²) in [6.45, 7) is 5.30. The van der Waals surface area contributed by atoms with E-state index in [0.29, 0.717) is 19.2 Å². The monoisotopic (exact) mass is 405 g/mol. The number of rotatable bonds is 3. The van der Waals surface area contributed by atoms with E-state index in [9.17, 15) is 4.79 Å². The van der Waals surface area contributed by atoms with E-state index < -0.39 is 0 Å². The average molecular weight is 405 g/mol. The van der Waals surface area contributed by atoms with Crippen LogP contribution >= 0.6 is 0 Å². The number of nitrogens with one attached hydrogen (secondary N) is 1. The molecule has 4 aromatic heterocycles. The highest BCUT2D eigenvalue weighted by Crippen LogP contribution is 2.33. The summed E-state index contributed by atoms with van der Waals surface area (Å²) in [5.74, 6) is 0.738. The van der Waals surface area contributed by atoms with Gasteiger partial charge in [0.2, 0.25) is 5.95 Å². The van der Waals surface area contributed by atoms with Crippen LogP contribution in [0.3, 0.4) is 0 Å². The Balaban J connectivity index is 1.64. The van der Waals surface area contributed by atoms with Crippen LogP contribution in [0.1, 0.15) is 35.4 Å². The van der Waals surface area contributed by atoms with Gasteiger partial charge in [0.15, 0.2) is 5.65 Å². The minimum absolute atomic E-state index is 0.000721. The molecule has 0 unspecified atom stereocenters. The summed E-state index contributed by atoms with van der Waals surface area (Å²) in [5, 5.41) is 7.50. The van der Waals surface area contributed by atoms with Gasteiger partial charge in [-0.15, -0.1) is 0 Å². The predicted molar refractivity (Wildman–Crippen MR) is 113 cm³/mol. The molecule has 5 heterocycles. The van der Waals surface area contributed by atoms with Crippen LogP contribution < -0.4 is 10.9 Å². The van der Waals surface area contributed by atoms with Crippen molar-refractivity contribution in [2.24, 2.45) is 7.05 Å². The third-order valence-corrected chi connectivity index (χ3v) is 5.91. The van der Waals surface area contributed by atoms with Crippen molar-refractivity contribution in [1.82, 2.24) is 29.1 Å². The van der Waals surface area contributed by atoms with Crippen LogP contribution in [0, 0.1) is 13.8 Å². The molecule has 30 heavy (non-hydrogen) atoms. The number of hydrogen-bond acceptors (Lipinski definition) is 7. The fraction of sp³-hybridized carbons (Fsp3) is 0.381. The van der Waals surface area contributed by atoms with Gasteiger partial charge in [-0.1, -0.05) is 0 Å². The second-order valence-electron chi connectivity index (χ2n) is 7.77. The van der Waals surface area contributed by atoms with Gasteiger partial charge in [-0.3, -0.25) is 4.79 Å². The van der Waals surface area contributed by atoms with E-state index in [-0.39, 0.29) is 11.5 Å². The van der Waals surface area contributed by atoms with Gasteiger partial charge in [-0.2, -0.15) is 5.10 Å². The van der Waals surface area contributed by atoms with E-state index in [1.165, 1.54) is 6.33 Å². The van der Waals surface area contributed by atoms with Gasteiger partial charge >= 0.3 is 0 Å². The highest BCUT2D eigenvalue weighted by molar-refractivity contribution is 5.81. The molecule has 9 heteroatoms. The Morgan fingerprint density at radius 2 is 2.00 bits per heavy atom. The smallest absolute Gasteiger partial charge is 0.254 e. The number of aryl methyl sites for hydroxylation is 2. The van der Waals surface area contributed by atoms with E-state index in [2.05, 4.69) is 20.4 Å². The lowest BCUT2D eigenvalue weighted by Crippen LogP contribution is -2.25. The number of aromatic nitrogens is 6. The van der Waals surface area contributed by atoms with Crippen LogP contribution in [0.25, 0.3) is 16.7 Å². The maximum atomic E-state index is 12.8. The first-order valence-electron chi connectivity index (χ1n) is 10.0. The topological polar surface area (TPSA) is 99.2 Å². The van der Waals surface area contributed by atoms with Gasteiger partial charge < -0.3 is 14.6 Å². The van der Waals surface area contributed by atoms with Gasteiger partial charge in [-0.05, 0) is 49.8 Å². The van der Waals surface area contributed by atoms with Crippen LogP contribution in [-0.2, 0) is 11.8 Å². The van der Waals surface area contributed by atoms with Crippen molar-refractivity contribution in [3.63, 3.8) is 0 Å². The summed E-state index contributed by atoms with van der Waals surface area (Å²) in [4.78, 5) is 26.3. The van der Waals surface area contributed by atoms with Crippen LogP contribution in [0.15, 0.2) is 29.6 Å². The summed E-state index contributed by atoms with van der Waals surface area (Å²) >= 11 is 0. The molecule has 1 N–H and O–H groups in total. The van der Waals surface area contributed by atoms with Crippen LogP contribution in [0.4, 0.5) is 11.6 Å². The van der Waals surface area contributed by atoms with Gasteiger partial charge in [0, 0.05) is 25.8 Å². The van der Waals surface area contributed by atoms with Gasteiger partial charge in [0.05, 0.1) is 29.1 Å². The zero-order chi connectivity index (χ0) is 20.8. The highest BCUT2D eigenvalue weighted by atomic mass is 16.5. The molecule has 0 bridgehead atoms. The van der Waals surface area contributed by atoms with Crippen molar-refractivity contribution < 1.29 is 4.74 Å².